The van der Waals surface area contributed by atoms with Gasteiger partial charge in [0.1, 0.15) is 0 Å². The van der Waals surface area contributed by atoms with Gasteiger partial charge in [-0.15, -0.1) is 12.4 Å². The molecule has 2 N–H and O–H groups in total. The predicted octanol–water partition coefficient (Wildman–Crippen LogP) is 2.49. The Morgan fingerprint density at radius 1 is 1.39 bits per heavy atom. The fraction of sp³-hybridized carbons (Fsp3) is 0.412. The van der Waals surface area contributed by atoms with Gasteiger partial charge in [-0.3, -0.25) is 4.79 Å². The van der Waals surface area contributed by atoms with Crippen LogP contribution in [0.1, 0.15) is 30.1 Å². The average molecular weight is 335 g/mol. The Hall–Kier alpha value is -1.85. The molecule has 1 saturated heterocycles. The number of carbonyl (C=O) groups is 1. The summed E-state index contributed by atoms with van der Waals surface area (Å²) in [4.78, 5) is 14.8. The molecule has 124 valence electrons. The van der Waals surface area contributed by atoms with Crippen LogP contribution in [0.3, 0.4) is 0 Å². The number of rotatable bonds is 3. The minimum atomic E-state index is 0. The third-order valence-electron chi connectivity index (χ3n) is 4.37. The molecule has 1 aliphatic rings. The zero-order valence-electron chi connectivity index (χ0n) is 13.3. The van der Waals surface area contributed by atoms with Crippen LogP contribution in [0.25, 0.3) is 5.69 Å². The predicted molar refractivity (Wildman–Crippen MR) is 93.1 cm³/mol. The van der Waals surface area contributed by atoms with Crippen LogP contribution in [0.4, 0.5) is 0 Å². The number of nitrogens with zero attached hydrogens (tertiary/aromatic N) is 3. The number of amides is 1. The van der Waals surface area contributed by atoms with E-state index >= 15 is 0 Å². The number of hydrogen-bond donors (Lipinski definition) is 1. The fourth-order valence-electron chi connectivity index (χ4n) is 3.11. The summed E-state index contributed by atoms with van der Waals surface area (Å²) in [5.74, 6) is 0.698. The molecule has 5 nitrogen and oxygen atoms in total. The number of hydrogen-bond acceptors (Lipinski definition) is 3. The second-order valence-electron chi connectivity index (χ2n) is 6.02. The van der Waals surface area contributed by atoms with Gasteiger partial charge >= 0.3 is 0 Å². The largest absolute Gasteiger partial charge is 0.334 e. The Morgan fingerprint density at radius 2 is 2.22 bits per heavy atom. The smallest absolute Gasteiger partial charge is 0.254 e. The number of piperidine rings is 1. The monoisotopic (exact) mass is 334 g/mol. The highest BCUT2D eigenvalue weighted by Gasteiger charge is 2.29. The van der Waals surface area contributed by atoms with E-state index < -0.39 is 0 Å². The molecular weight excluding hydrogens is 312 g/mol. The van der Waals surface area contributed by atoms with Gasteiger partial charge in [0.15, 0.2) is 0 Å². The van der Waals surface area contributed by atoms with Gasteiger partial charge in [-0.1, -0.05) is 13.0 Å². The molecule has 1 aromatic carbocycles. The standard InChI is InChI=1S/C17H22N4O.ClH/c1-13-6-9-20(16(10-13)12-18)17(22)14-4-2-5-15(11-14)21-8-3-7-19-21;/h2-5,7-8,11,13,16H,6,9-10,12,18H2,1H3;1H. The Balaban J connectivity index is 0.00000192. The van der Waals surface area contributed by atoms with Gasteiger partial charge in [-0.25, -0.2) is 4.68 Å². The first-order valence-corrected chi connectivity index (χ1v) is 7.80. The summed E-state index contributed by atoms with van der Waals surface area (Å²) in [7, 11) is 0. The molecule has 2 aromatic rings. The van der Waals surface area contributed by atoms with E-state index in [-0.39, 0.29) is 24.4 Å². The highest BCUT2D eigenvalue weighted by Crippen LogP contribution is 2.24. The van der Waals surface area contributed by atoms with Gasteiger partial charge < -0.3 is 10.6 Å². The summed E-state index contributed by atoms with van der Waals surface area (Å²) in [6, 6.07) is 9.61. The summed E-state index contributed by atoms with van der Waals surface area (Å²) in [6.07, 6.45) is 5.63. The second-order valence-corrected chi connectivity index (χ2v) is 6.02. The van der Waals surface area contributed by atoms with Crippen LogP contribution < -0.4 is 5.73 Å². The first kappa shape index (κ1) is 17.5. The quantitative estimate of drug-likeness (QED) is 0.938. The van der Waals surface area contributed by atoms with E-state index in [1.54, 1.807) is 10.9 Å². The summed E-state index contributed by atoms with van der Waals surface area (Å²) >= 11 is 0. The van der Waals surface area contributed by atoms with Gasteiger partial charge in [0, 0.05) is 37.1 Å². The van der Waals surface area contributed by atoms with E-state index in [1.807, 2.05) is 41.4 Å². The van der Waals surface area contributed by atoms with Gasteiger partial charge in [0.05, 0.1) is 5.69 Å². The van der Waals surface area contributed by atoms with Crippen molar-refractivity contribution in [3.05, 3.63) is 48.3 Å². The molecule has 1 amide bonds. The van der Waals surface area contributed by atoms with E-state index in [0.717, 1.165) is 25.1 Å². The molecule has 0 aliphatic carbocycles. The van der Waals surface area contributed by atoms with Crippen LogP contribution in [0, 0.1) is 5.92 Å². The summed E-state index contributed by atoms with van der Waals surface area (Å²) in [5.41, 5.74) is 7.46. The zero-order valence-corrected chi connectivity index (χ0v) is 14.1. The van der Waals surface area contributed by atoms with Crippen molar-refractivity contribution in [2.75, 3.05) is 13.1 Å². The third kappa shape index (κ3) is 3.74. The first-order chi connectivity index (χ1) is 10.7. The molecule has 0 spiro atoms. The zero-order chi connectivity index (χ0) is 15.5. The van der Waals surface area contributed by atoms with E-state index in [2.05, 4.69) is 12.0 Å². The number of likely N-dealkylation sites (tertiary alicyclic amines) is 1. The second kappa shape index (κ2) is 7.62. The SMILES string of the molecule is CC1CCN(C(=O)c2cccc(-n3cccn3)c2)C(CN)C1.Cl. The van der Waals surface area contributed by atoms with Gasteiger partial charge in [-0.2, -0.15) is 5.10 Å². The van der Waals surface area contributed by atoms with E-state index in [0.29, 0.717) is 18.0 Å². The van der Waals surface area contributed by atoms with Crippen molar-refractivity contribution in [2.45, 2.75) is 25.8 Å². The van der Waals surface area contributed by atoms with Crippen LogP contribution in [0.15, 0.2) is 42.7 Å². The molecule has 2 atom stereocenters. The maximum Gasteiger partial charge on any atom is 0.254 e. The topological polar surface area (TPSA) is 64.2 Å². The molecule has 2 unspecified atom stereocenters. The molecule has 1 fully saturated rings. The summed E-state index contributed by atoms with van der Waals surface area (Å²) < 4.78 is 1.76. The van der Waals surface area contributed by atoms with Gasteiger partial charge in [-0.05, 0) is 43.0 Å². The van der Waals surface area contributed by atoms with Crippen molar-refractivity contribution in [3.8, 4) is 5.69 Å². The number of aromatic nitrogens is 2. The molecule has 2 heterocycles. The molecule has 3 rings (SSSR count). The van der Waals surface area contributed by atoms with E-state index in [4.69, 9.17) is 5.73 Å². The molecule has 1 aliphatic heterocycles. The Bertz CT molecular complexity index is 644. The Labute approximate surface area is 142 Å². The Morgan fingerprint density at radius 3 is 2.91 bits per heavy atom. The average Bonchev–Trinajstić information content (AvgIpc) is 3.08. The number of benzene rings is 1. The summed E-state index contributed by atoms with van der Waals surface area (Å²) in [6.45, 7) is 3.53. The molecule has 0 saturated carbocycles. The van der Waals surface area contributed by atoms with Crippen molar-refractivity contribution in [3.63, 3.8) is 0 Å². The lowest BCUT2D eigenvalue weighted by Crippen LogP contribution is -2.49. The van der Waals surface area contributed by atoms with Gasteiger partial charge in [0.2, 0.25) is 0 Å². The van der Waals surface area contributed by atoms with Crippen LogP contribution in [0.2, 0.25) is 0 Å². The maximum atomic E-state index is 12.8. The molecule has 6 heteroatoms. The number of nitrogens with two attached hydrogens (primary N) is 1. The molecule has 0 bridgehead atoms. The number of carbonyl (C=O) groups excluding carboxylic acids is 1. The van der Waals surface area contributed by atoms with Crippen molar-refractivity contribution < 1.29 is 4.79 Å². The fourth-order valence-corrected chi connectivity index (χ4v) is 3.11. The van der Waals surface area contributed by atoms with Crippen LogP contribution in [-0.2, 0) is 0 Å². The van der Waals surface area contributed by atoms with Crippen LogP contribution in [-0.4, -0.2) is 39.7 Å². The highest BCUT2D eigenvalue weighted by molar-refractivity contribution is 5.95. The van der Waals surface area contributed by atoms with Crippen molar-refractivity contribution in [2.24, 2.45) is 11.7 Å². The first-order valence-electron chi connectivity index (χ1n) is 7.80. The van der Waals surface area contributed by atoms with E-state index in [1.165, 1.54) is 0 Å². The molecule has 1 aromatic heterocycles. The lowest BCUT2D eigenvalue weighted by molar-refractivity contribution is 0.0573. The van der Waals surface area contributed by atoms with Crippen LogP contribution >= 0.6 is 12.4 Å². The molecular formula is C17H23ClN4O. The number of halogens is 1. The van der Waals surface area contributed by atoms with Crippen LogP contribution in [0.5, 0.6) is 0 Å². The van der Waals surface area contributed by atoms with Crippen molar-refractivity contribution >= 4 is 18.3 Å². The maximum absolute atomic E-state index is 12.8. The third-order valence-corrected chi connectivity index (χ3v) is 4.37. The lowest BCUT2D eigenvalue weighted by atomic mass is 9.92. The van der Waals surface area contributed by atoms with Crippen molar-refractivity contribution in [1.29, 1.82) is 0 Å². The summed E-state index contributed by atoms with van der Waals surface area (Å²) in [5, 5.41) is 4.21. The lowest BCUT2D eigenvalue weighted by Gasteiger charge is -2.38. The minimum Gasteiger partial charge on any atom is -0.334 e. The minimum absolute atomic E-state index is 0. The van der Waals surface area contributed by atoms with Gasteiger partial charge in [0.25, 0.3) is 5.91 Å². The highest BCUT2D eigenvalue weighted by atomic mass is 35.5. The normalized spacial score (nSPS) is 20.9. The van der Waals surface area contributed by atoms with E-state index in [9.17, 15) is 4.79 Å². The molecule has 0 radical (unpaired) electrons. The van der Waals surface area contributed by atoms with Crippen molar-refractivity contribution in [1.82, 2.24) is 14.7 Å². The Kier molecular flexibility index (Phi) is 5.80. The molecule has 23 heavy (non-hydrogen) atoms.